The molecule has 0 spiro atoms. The van der Waals surface area contributed by atoms with Crippen molar-refractivity contribution in [1.82, 2.24) is 0 Å². The zero-order valence-electron chi connectivity index (χ0n) is 12.3. The minimum Gasteiger partial charge on any atom is -0.330 e. The molecule has 0 aliphatic rings. The summed E-state index contributed by atoms with van der Waals surface area (Å²) in [5, 5.41) is 0. The van der Waals surface area contributed by atoms with Crippen LogP contribution < -0.4 is 11.5 Å². The van der Waals surface area contributed by atoms with Crippen molar-refractivity contribution in [2.24, 2.45) is 11.5 Å². The number of rotatable bonds is 11. The van der Waals surface area contributed by atoms with Gasteiger partial charge in [-0.2, -0.15) is 0 Å². The fourth-order valence-corrected chi connectivity index (χ4v) is 1.67. The van der Waals surface area contributed by atoms with E-state index in [0.717, 1.165) is 13.1 Å². The Kier molecular flexibility index (Phi) is 24.1. The zero-order valence-corrected chi connectivity index (χ0v) is 12.3. The summed E-state index contributed by atoms with van der Waals surface area (Å²) in [5.74, 6) is 0. The van der Waals surface area contributed by atoms with Crippen LogP contribution in [0.15, 0.2) is 0 Å². The lowest BCUT2D eigenvalue weighted by Crippen LogP contribution is -1.97. The zero-order chi connectivity index (χ0) is 13.2. The molecule has 0 amide bonds. The number of hydrogen-bond acceptors (Lipinski definition) is 2. The molecule has 0 rings (SSSR count). The van der Waals surface area contributed by atoms with Gasteiger partial charge in [0.05, 0.1) is 0 Å². The molecule has 2 nitrogen and oxygen atoms in total. The van der Waals surface area contributed by atoms with Crippen LogP contribution in [0.1, 0.15) is 84.5 Å². The summed E-state index contributed by atoms with van der Waals surface area (Å²) in [5.41, 5.74) is 10.6. The number of hydrogen-bond donors (Lipinski definition) is 2. The van der Waals surface area contributed by atoms with E-state index in [9.17, 15) is 0 Å². The van der Waals surface area contributed by atoms with E-state index in [0.29, 0.717) is 0 Å². The van der Waals surface area contributed by atoms with Crippen molar-refractivity contribution < 1.29 is 0 Å². The molecule has 2 heteroatoms. The van der Waals surface area contributed by atoms with Gasteiger partial charge in [0, 0.05) is 0 Å². The van der Waals surface area contributed by atoms with Crippen LogP contribution in [0.3, 0.4) is 0 Å². The van der Waals surface area contributed by atoms with E-state index in [-0.39, 0.29) is 0 Å². The van der Waals surface area contributed by atoms with Gasteiger partial charge in [-0.25, -0.2) is 0 Å². The minimum atomic E-state index is 0.855. The first-order valence-corrected chi connectivity index (χ1v) is 7.73. The molecule has 0 heterocycles. The Bertz CT molecular complexity index is 93.1. The van der Waals surface area contributed by atoms with E-state index in [2.05, 4.69) is 13.8 Å². The predicted molar refractivity (Wildman–Crippen MR) is 80.2 cm³/mol. The van der Waals surface area contributed by atoms with E-state index in [4.69, 9.17) is 11.5 Å². The lowest BCUT2D eigenvalue weighted by atomic mass is 10.1. The van der Waals surface area contributed by atoms with Crippen LogP contribution in [-0.4, -0.2) is 13.1 Å². The van der Waals surface area contributed by atoms with Gasteiger partial charge in [-0.15, -0.1) is 0 Å². The Morgan fingerprint density at radius 3 is 1.12 bits per heavy atom. The summed E-state index contributed by atoms with van der Waals surface area (Å²) in [6.45, 7) is 6.16. The number of nitrogens with two attached hydrogens (primary N) is 2. The van der Waals surface area contributed by atoms with Gasteiger partial charge < -0.3 is 11.5 Å². The first-order valence-electron chi connectivity index (χ1n) is 7.73. The monoisotopic (exact) mass is 244 g/mol. The summed E-state index contributed by atoms with van der Waals surface area (Å²) in [7, 11) is 0. The topological polar surface area (TPSA) is 52.0 Å². The molecular weight excluding hydrogens is 208 g/mol. The highest BCUT2D eigenvalue weighted by molar-refractivity contribution is 4.45. The molecule has 0 atom stereocenters. The van der Waals surface area contributed by atoms with Gasteiger partial charge in [0.1, 0.15) is 0 Å². The molecule has 0 aromatic rings. The van der Waals surface area contributed by atoms with Gasteiger partial charge in [-0.1, -0.05) is 71.6 Å². The standard InChI is InChI=1S/C10H23N.C5H13N/c1-2-3-4-5-6-7-8-9-10-11;1-2-3-4-5-6/h2-11H2,1H3;2-6H2,1H3. The highest BCUT2D eigenvalue weighted by Crippen LogP contribution is 2.07. The van der Waals surface area contributed by atoms with Gasteiger partial charge in [0.2, 0.25) is 0 Å². The maximum atomic E-state index is 5.39. The van der Waals surface area contributed by atoms with Crippen LogP contribution in [0.2, 0.25) is 0 Å². The Labute approximate surface area is 110 Å². The smallest absolute Gasteiger partial charge is 0.00773 e. The van der Waals surface area contributed by atoms with E-state index >= 15 is 0 Å². The SMILES string of the molecule is CCCCCCCCCCN.CCCCCN. The second kappa shape index (κ2) is 21.2. The maximum absolute atomic E-state index is 5.39. The molecule has 0 aromatic heterocycles. The Balaban J connectivity index is 0. The largest absolute Gasteiger partial charge is 0.330 e. The first kappa shape index (κ1) is 19.3. The third kappa shape index (κ3) is 25.9. The fourth-order valence-electron chi connectivity index (χ4n) is 1.67. The fraction of sp³-hybridized carbons (Fsp3) is 1.00. The molecule has 0 unspecified atom stereocenters. The highest BCUT2D eigenvalue weighted by atomic mass is 14.5. The van der Waals surface area contributed by atoms with Crippen LogP contribution in [0.5, 0.6) is 0 Å². The molecule has 0 bridgehead atoms. The van der Waals surface area contributed by atoms with E-state index < -0.39 is 0 Å². The average molecular weight is 244 g/mol. The maximum Gasteiger partial charge on any atom is -0.00773 e. The summed E-state index contributed by atoms with van der Waals surface area (Å²) < 4.78 is 0. The molecule has 0 radical (unpaired) electrons. The molecule has 0 aliphatic carbocycles. The van der Waals surface area contributed by atoms with Crippen LogP contribution in [0.4, 0.5) is 0 Å². The van der Waals surface area contributed by atoms with Gasteiger partial charge in [0.25, 0.3) is 0 Å². The highest BCUT2D eigenvalue weighted by Gasteiger charge is 1.89. The molecule has 0 aromatic carbocycles. The molecule has 0 saturated carbocycles. The van der Waals surface area contributed by atoms with E-state index in [1.54, 1.807) is 0 Å². The number of unbranched alkanes of at least 4 members (excludes halogenated alkanes) is 9. The van der Waals surface area contributed by atoms with Gasteiger partial charge in [-0.05, 0) is 25.9 Å². The Morgan fingerprint density at radius 1 is 0.471 bits per heavy atom. The Morgan fingerprint density at radius 2 is 0.765 bits per heavy atom. The van der Waals surface area contributed by atoms with Crippen LogP contribution in [-0.2, 0) is 0 Å². The van der Waals surface area contributed by atoms with Crippen LogP contribution in [0, 0.1) is 0 Å². The van der Waals surface area contributed by atoms with Crippen molar-refractivity contribution in [2.45, 2.75) is 84.5 Å². The van der Waals surface area contributed by atoms with Gasteiger partial charge in [-0.3, -0.25) is 0 Å². The summed E-state index contributed by atoms with van der Waals surface area (Å²) >= 11 is 0. The third-order valence-corrected chi connectivity index (χ3v) is 2.87. The molecule has 0 saturated heterocycles. The van der Waals surface area contributed by atoms with Gasteiger partial charge in [0.15, 0.2) is 0 Å². The van der Waals surface area contributed by atoms with E-state index in [1.807, 2.05) is 0 Å². The normalized spacial score (nSPS) is 9.88. The quantitative estimate of drug-likeness (QED) is 0.535. The summed E-state index contributed by atoms with van der Waals surface area (Å²) in [6, 6.07) is 0. The lowest BCUT2D eigenvalue weighted by Gasteiger charge is -1.99. The van der Waals surface area contributed by atoms with Crippen molar-refractivity contribution in [3.63, 3.8) is 0 Å². The van der Waals surface area contributed by atoms with Crippen molar-refractivity contribution >= 4 is 0 Å². The predicted octanol–water partition coefficient (Wildman–Crippen LogP) is 4.22. The van der Waals surface area contributed by atoms with Gasteiger partial charge >= 0.3 is 0 Å². The lowest BCUT2D eigenvalue weighted by molar-refractivity contribution is 0.578. The van der Waals surface area contributed by atoms with Crippen LogP contribution in [0.25, 0.3) is 0 Å². The molecular formula is C15H36N2. The Hall–Kier alpha value is -0.0800. The summed E-state index contributed by atoms with van der Waals surface area (Å²) in [4.78, 5) is 0. The minimum absolute atomic E-state index is 0.855. The van der Waals surface area contributed by atoms with Crippen molar-refractivity contribution in [3.05, 3.63) is 0 Å². The third-order valence-electron chi connectivity index (χ3n) is 2.87. The first-order chi connectivity index (χ1) is 8.33. The van der Waals surface area contributed by atoms with Crippen molar-refractivity contribution in [2.75, 3.05) is 13.1 Å². The van der Waals surface area contributed by atoms with Crippen molar-refractivity contribution in [3.8, 4) is 0 Å². The molecule has 0 aliphatic heterocycles. The second-order valence-corrected chi connectivity index (χ2v) is 4.76. The molecule has 4 N–H and O–H groups in total. The molecule has 0 fully saturated rings. The second-order valence-electron chi connectivity index (χ2n) is 4.76. The molecule has 17 heavy (non-hydrogen) atoms. The molecule has 106 valence electrons. The van der Waals surface area contributed by atoms with E-state index in [1.165, 1.54) is 70.6 Å². The van der Waals surface area contributed by atoms with Crippen molar-refractivity contribution in [1.29, 1.82) is 0 Å². The average Bonchev–Trinajstić information content (AvgIpc) is 2.36. The summed E-state index contributed by atoms with van der Waals surface area (Å²) in [6.07, 6.45) is 14.7. The van der Waals surface area contributed by atoms with Crippen LogP contribution >= 0.6 is 0 Å².